The number of nitrogens with zero attached hydrogens (tertiary/aromatic N) is 2. The molecule has 1 N–H and O–H groups in total. The quantitative estimate of drug-likeness (QED) is 0.817. The van der Waals surface area contributed by atoms with Crippen LogP contribution in [0.2, 0.25) is 0 Å². The van der Waals surface area contributed by atoms with E-state index in [0.29, 0.717) is 25.3 Å². The van der Waals surface area contributed by atoms with Crippen LogP contribution in [0.4, 0.5) is 23.8 Å². The number of likely N-dealkylation sites (tertiary alicyclic amines) is 1. The normalized spacial score (nSPS) is 17.8. The van der Waals surface area contributed by atoms with Crippen LogP contribution in [0.25, 0.3) is 0 Å². The second-order valence-electron chi connectivity index (χ2n) is 5.65. The summed E-state index contributed by atoms with van der Waals surface area (Å²) in [7, 11) is 0. The van der Waals surface area contributed by atoms with Crippen molar-refractivity contribution >= 4 is 34.9 Å². The van der Waals surface area contributed by atoms with E-state index < -0.39 is 11.7 Å². The van der Waals surface area contributed by atoms with Gasteiger partial charge in [-0.25, -0.2) is 9.78 Å². The number of hydrogen-bond donors (Lipinski definition) is 1. The van der Waals surface area contributed by atoms with Crippen molar-refractivity contribution in [2.45, 2.75) is 29.7 Å². The van der Waals surface area contributed by atoms with Crippen molar-refractivity contribution in [1.29, 1.82) is 0 Å². The van der Waals surface area contributed by atoms with Crippen LogP contribution in [0, 0.1) is 6.92 Å². The summed E-state index contributed by atoms with van der Waals surface area (Å²) in [5.41, 5.74) is -0.624. The van der Waals surface area contributed by atoms with E-state index in [-0.39, 0.29) is 16.2 Å². The Kier molecular flexibility index (Phi) is 5.24. The van der Waals surface area contributed by atoms with Gasteiger partial charge in [-0.3, -0.25) is 5.32 Å². The summed E-state index contributed by atoms with van der Waals surface area (Å²) in [5, 5.41) is 5.27. The number of thiazole rings is 1. The first-order valence-electron chi connectivity index (χ1n) is 7.64. The third-order valence-corrected chi connectivity index (χ3v) is 5.87. The molecule has 0 radical (unpaired) electrons. The number of anilines is 1. The molecule has 2 amide bonds. The Hall–Kier alpha value is -1.74. The highest BCUT2D eigenvalue weighted by atomic mass is 32.2. The number of aromatic nitrogens is 1. The summed E-state index contributed by atoms with van der Waals surface area (Å²) >= 11 is 2.62. The molecule has 1 atom stereocenters. The molecule has 1 aliphatic heterocycles. The Labute approximate surface area is 151 Å². The Bertz CT molecular complexity index is 763. The van der Waals surface area contributed by atoms with Gasteiger partial charge in [0, 0.05) is 28.6 Å². The third-order valence-electron chi connectivity index (χ3n) is 3.77. The molecule has 3 rings (SSSR count). The first-order chi connectivity index (χ1) is 11.8. The molecular weight excluding hydrogens is 371 g/mol. The van der Waals surface area contributed by atoms with E-state index in [9.17, 15) is 18.0 Å². The van der Waals surface area contributed by atoms with Crippen LogP contribution >= 0.6 is 23.1 Å². The number of benzene rings is 1. The molecule has 1 aliphatic rings. The van der Waals surface area contributed by atoms with Gasteiger partial charge in [0.1, 0.15) is 5.82 Å². The van der Waals surface area contributed by atoms with Crippen molar-refractivity contribution in [3.05, 3.63) is 40.2 Å². The minimum atomic E-state index is -4.37. The molecule has 134 valence electrons. The van der Waals surface area contributed by atoms with Gasteiger partial charge >= 0.3 is 12.2 Å². The van der Waals surface area contributed by atoms with Gasteiger partial charge in [0.2, 0.25) is 0 Å². The number of hydrogen-bond acceptors (Lipinski definition) is 4. The standard InChI is InChI=1S/C16H16F3N3OS2/c1-10-20-14(9-24-10)21-15(23)22-7-6-11(8-22)25-13-5-3-2-4-12(13)16(17,18)19/h2-5,9,11H,6-8H2,1H3,(H,21,23). The summed E-state index contributed by atoms with van der Waals surface area (Å²) in [6.45, 7) is 2.77. The highest BCUT2D eigenvalue weighted by Gasteiger charge is 2.35. The van der Waals surface area contributed by atoms with Crippen LogP contribution in [0.1, 0.15) is 17.0 Å². The minimum absolute atomic E-state index is 0.0635. The van der Waals surface area contributed by atoms with Gasteiger partial charge in [0.25, 0.3) is 0 Å². The number of rotatable bonds is 3. The number of thioether (sulfide) groups is 1. The molecule has 0 aliphatic carbocycles. The van der Waals surface area contributed by atoms with Crippen molar-refractivity contribution in [3.63, 3.8) is 0 Å². The first-order valence-corrected chi connectivity index (χ1v) is 9.40. The van der Waals surface area contributed by atoms with E-state index in [1.54, 1.807) is 16.3 Å². The summed E-state index contributed by atoms with van der Waals surface area (Å²) in [6.07, 6.45) is -3.72. The zero-order chi connectivity index (χ0) is 18.0. The first kappa shape index (κ1) is 18.1. The molecule has 4 nitrogen and oxygen atoms in total. The molecule has 1 saturated heterocycles. The molecule has 1 aromatic carbocycles. The lowest BCUT2D eigenvalue weighted by Crippen LogP contribution is -2.33. The molecule has 0 spiro atoms. The second-order valence-corrected chi connectivity index (χ2v) is 8.05. The molecule has 1 aromatic heterocycles. The second kappa shape index (κ2) is 7.25. The number of urea groups is 1. The Morgan fingerprint density at radius 3 is 2.84 bits per heavy atom. The molecule has 0 saturated carbocycles. The predicted molar refractivity (Wildman–Crippen MR) is 93.1 cm³/mol. The number of halogens is 3. The molecule has 2 heterocycles. The van der Waals surface area contributed by atoms with Gasteiger partial charge in [-0.1, -0.05) is 12.1 Å². The maximum Gasteiger partial charge on any atom is 0.417 e. The molecule has 9 heteroatoms. The largest absolute Gasteiger partial charge is 0.417 e. The molecular formula is C16H16F3N3OS2. The number of amides is 2. The maximum absolute atomic E-state index is 13.1. The topological polar surface area (TPSA) is 45.2 Å². The number of alkyl halides is 3. The zero-order valence-electron chi connectivity index (χ0n) is 13.3. The smallest absolute Gasteiger partial charge is 0.323 e. The molecule has 1 fully saturated rings. The monoisotopic (exact) mass is 387 g/mol. The molecule has 0 bridgehead atoms. The molecule has 1 unspecified atom stereocenters. The van der Waals surface area contributed by atoms with Crippen LogP contribution in [-0.4, -0.2) is 34.3 Å². The van der Waals surface area contributed by atoms with Gasteiger partial charge in [-0.05, 0) is 25.5 Å². The van der Waals surface area contributed by atoms with Crippen LogP contribution < -0.4 is 5.32 Å². The van der Waals surface area contributed by atoms with E-state index in [2.05, 4.69) is 10.3 Å². The molecule has 25 heavy (non-hydrogen) atoms. The highest BCUT2D eigenvalue weighted by molar-refractivity contribution is 8.00. The lowest BCUT2D eigenvalue weighted by molar-refractivity contribution is -0.139. The number of nitrogens with one attached hydrogen (secondary N) is 1. The predicted octanol–water partition coefficient (Wildman–Crippen LogP) is 4.87. The van der Waals surface area contributed by atoms with Gasteiger partial charge in [0.05, 0.1) is 10.6 Å². The van der Waals surface area contributed by atoms with Crippen molar-refractivity contribution < 1.29 is 18.0 Å². The van der Waals surface area contributed by atoms with Crippen LogP contribution in [0.3, 0.4) is 0 Å². The van der Waals surface area contributed by atoms with Crippen molar-refractivity contribution in [3.8, 4) is 0 Å². The number of aryl methyl sites for hydroxylation is 1. The lowest BCUT2D eigenvalue weighted by atomic mass is 10.2. The fraction of sp³-hybridized carbons (Fsp3) is 0.375. The summed E-state index contributed by atoms with van der Waals surface area (Å²) in [5.74, 6) is 0.506. The molecule has 2 aromatic rings. The van der Waals surface area contributed by atoms with E-state index >= 15 is 0 Å². The van der Waals surface area contributed by atoms with Crippen LogP contribution in [-0.2, 0) is 6.18 Å². The van der Waals surface area contributed by atoms with Crippen molar-refractivity contribution in [1.82, 2.24) is 9.88 Å². The number of carbonyl (C=O) groups is 1. The van der Waals surface area contributed by atoms with Gasteiger partial charge in [-0.2, -0.15) is 13.2 Å². The third kappa shape index (κ3) is 4.46. The van der Waals surface area contributed by atoms with Crippen molar-refractivity contribution in [2.24, 2.45) is 0 Å². The van der Waals surface area contributed by atoms with E-state index in [1.165, 1.54) is 35.2 Å². The van der Waals surface area contributed by atoms with Gasteiger partial charge in [0.15, 0.2) is 0 Å². The van der Waals surface area contributed by atoms with Crippen molar-refractivity contribution in [2.75, 3.05) is 18.4 Å². The number of carbonyl (C=O) groups excluding carboxylic acids is 1. The average Bonchev–Trinajstić information content (AvgIpc) is 3.16. The Balaban J connectivity index is 1.61. The van der Waals surface area contributed by atoms with E-state index in [4.69, 9.17) is 0 Å². The van der Waals surface area contributed by atoms with Crippen LogP contribution in [0.15, 0.2) is 34.5 Å². The van der Waals surface area contributed by atoms with Gasteiger partial charge in [-0.15, -0.1) is 23.1 Å². The zero-order valence-corrected chi connectivity index (χ0v) is 15.0. The minimum Gasteiger partial charge on any atom is -0.323 e. The average molecular weight is 387 g/mol. The summed E-state index contributed by atoms with van der Waals surface area (Å²) in [4.78, 5) is 18.2. The summed E-state index contributed by atoms with van der Waals surface area (Å²) < 4.78 is 39.2. The lowest BCUT2D eigenvalue weighted by Gasteiger charge is -2.17. The Morgan fingerprint density at radius 1 is 1.40 bits per heavy atom. The van der Waals surface area contributed by atoms with E-state index in [1.807, 2.05) is 6.92 Å². The van der Waals surface area contributed by atoms with Crippen LogP contribution in [0.5, 0.6) is 0 Å². The SMILES string of the molecule is Cc1nc(NC(=O)N2CCC(Sc3ccccc3C(F)(F)F)C2)cs1. The van der Waals surface area contributed by atoms with Gasteiger partial charge < -0.3 is 4.90 Å². The fourth-order valence-corrected chi connectivity index (χ4v) is 4.45. The Morgan fingerprint density at radius 2 is 2.16 bits per heavy atom. The van der Waals surface area contributed by atoms with E-state index in [0.717, 1.165) is 11.1 Å². The highest BCUT2D eigenvalue weighted by Crippen LogP contribution is 2.39. The fourth-order valence-electron chi connectivity index (χ4n) is 2.60. The maximum atomic E-state index is 13.1. The summed E-state index contributed by atoms with van der Waals surface area (Å²) in [6, 6.07) is 5.29.